The van der Waals surface area contributed by atoms with Gasteiger partial charge in [0.05, 0.1) is 21.5 Å². The van der Waals surface area contributed by atoms with E-state index in [9.17, 15) is 23.6 Å². The van der Waals surface area contributed by atoms with Crippen molar-refractivity contribution in [2.75, 3.05) is 20.7 Å². The molecule has 0 unspecified atom stereocenters. The first kappa shape index (κ1) is 21.0. The van der Waals surface area contributed by atoms with Gasteiger partial charge in [0.25, 0.3) is 0 Å². The minimum atomic E-state index is -3.72. The number of aliphatic hydroxyl groups excluding tert-OH is 1. The van der Waals surface area contributed by atoms with Crippen molar-refractivity contribution < 1.29 is 23.1 Å². The number of sulfonamides is 1. The molecule has 3 aromatic rings. The molecular formula is C20H18N4O5S. The van der Waals surface area contributed by atoms with Crippen LogP contribution in [0.4, 0.5) is 0 Å². The Hall–Kier alpha value is -3.68. The van der Waals surface area contributed by atoms with E-state index in [-0.39, 0.29) is 21.9 Å². The number of fused-ring (bicyclic) bond motifs is 1. The lowest BCUT2D eigenvalue weighted by atomic mass is 10.2. The molecule has 3 rings (SSSR count). The number of esters is 1. The second kappa shape index (κ2) is 8.36. The van der Waals surface area contributed by atoms with E-state index in [2.05, 4.69) is 9.97 Å². The lowest BCUT2D eigenvalue weighted by Crippen LogP contribution is -2.22. The van der Waals surface area contributed by atoms with Gasteiger partial charge in [-0.05, 0) is 30.3 Å². The van der Waals surface area contributed by atoms with E-state index in [1.165, 1.54) is 38.4 Å². The number of para-hydroxylation sites is 2. The van der Waals surface area contributed by atoms with Crippen molar-refractivity contribution in [3.05, 3.63) is 65.7 Å². The largest absolute Gasteiger partial charge is 0.507 e. The van der Waals surface area contributed by atoms with E-state index in [1.54, 1.807) is 24.3 Å². The summed E-state index contributed by atoms with van der Waals surface area (Å²) in [7, 11) is -0.960. The third-order valence-electron chi connectivity index (χ3n) is 4.21. The Morgan fingerprint density at radius 1 is 1.23 bits per heavy atom. The minimum Gasteiger partial charge on any atom is -0.507 e. The first-order valence-corrected chi connectivity index (χ1v) is 10.1. The molecule has 0 spiro atoms. The number of aliphatic hydroxyl groups is 1. The predicted molar refractivity (Wildman–Crippen MR) is 109 cm³/mol. The van der Waals surface area contributed by atoms with Gasteiger partial charge in [-0.2, -0.15) is 5.26 Å². The number of hydrogen-bond acceptors (Lipinski definition) is 7. The predicted octanol–water partition coefficient (Wildman–Crippen LogP) is 2.46. The SMILES string of the molecule is CN(C)S(=O)(=O)c1cccc(C(=O)OCC(O)=C(C#N)c2nc3ccccc3[nH]2)c1. The van der Waals surface area contributed by atoms with Crippen LogP contribution in [0.3, 0.4) is 0 Å². The maximum Gasteiger partial charge on any atom is 0.338 e. The van der Waals surface area contributed by atoms with Gasteiger partial charge < -0.3 is 14.8 Å². The molecule has 154 valence electrons. The van der Waals surface area contributed by atoms with Gasteiger partial charge in [-0.25, -0.2) is 22.5 Å². The van der Waals surface area contributed by atoms with E-state index in [0.717, 1.165) is 4.31 Å². The summed E-state index contributed by atoms with van der Waals surface area (Å²) >= 11 is 0. The number of imidazole rings is 1. The van der Waals surface area contributed by atoms with Crippen LogP contribution in [0.1, 0.15) is 16.2 Å². The molecule has 0 fully saturated rings. The molecule has 0 saturated heterocycles. The van der Waals surface area contributed by atoms with Crippen LogP contribution >= 0.6 is 0 Å². The first-order valence-electron chi connectivity index (χ1n) is 8.71. The van der Waals surface area contributed by atoms with Gasteiger partial charge in [0.15, 0.2) is 11.6 Å². The minimum absolute atomic E-state index is 0.00651. The van der Waals surface area contributed by atoms with Gasteiger partial charge in [-0.1, -0.05) is 18.2 Å². The molecule has 0 aliphatic carbocycles. The fourth-order valence-corrected chi connectivity index (χ4v) is 3.56. The van der Waals surface area contributed by atoms with E-state index < -0.39 is 28.4 Å². The number of hydrogen-bond donors (Lipinski definition) is 2. The van der Waals surface area contributed by atoms with Gasteiger partial charge in [0.2, 0.25) is 10.0 Å². The number of H-pyrrole nitrogens is 1. The Labute approximate surface area is 172 Å². The highest BCUT2D eigenvalue weighted by atomic mass is 32.2. The number of carbonyl (C=O) groups is 1. The van der Waals surface area contributed by atoms with E-state index in [0.29, 0.717) is 11.0 Å². The average molecular weight is 426 g/mol. The summed E-state index contributed by atoms with van der Waals surface area (Å²) < 4.78 is 30.5. The molecule has 2 aromatic carbocycles. The zero-order chi connectivity index (χ0) is 21.9. The molecule has 0 aliphatic heterocycles. The molecule has 0 radical (unpaired) electrons. The van der Waals surface area contributed by atoms with Crippen LogP contribution in [0, 0.1) is 11.3 Å². The molecule has 0 saturated carbocycles. The van der Waals surface area contributed by atoms with Gasteiger partial charge in [0, 0.05) is 14.1 Å². The maximum absolute atomic E-state index is 12.3. The summed E-state index contributed by atoms with van der Waals surface area (Å²) in [5.41, 5.74) is 1.13. The lowest BCUT2D eigenvalue weighted by Gasteiger charge is -2.12. The van der Waals surface area contributed by atoms with E-state index >= 15 is 0 Å². The van der Waals surface area contributed by atoms with Crippen molar-refractivity contribution in [3.8, 4) is 6.07 Å². The van der Waals surface area contributed by atoms with Crippen LogP contribution in [-0.2, 0) is 14.8 Å². The van der Waals surface area contributed by atoms with E-state index in [4.69, 9.17) is 4.74 Å². The number of aromatic amines is 1. The highest BCUT2D eigenvalue weighted by Gasteiger charge is 2.20. The number of benzene rings is 2. The van der Waals surface area contributed by atoms with Crippen molar-refractivity contribution in [2.24, 2.45) is 0 Å². The summed E-state index contributed by atoms with van der Waals surface area (Å²) in [6.45, 7) is -0.580. The summed E-state index contributed by atoms with van der Waals surface area (Å²) in [5.74, 6) is -1.19. The number of allylic oxidation sites excluding steroid dienone is 1. The summed E-state index contributed by atoms with van der Waals surface area (Å²) in [6, 6.07) is 14.3. The molecule has 9 nitrogen and oxygen atoms in total. The molecule has 0 aliphatic rings. The fraction of sp³-hybridized carbons (Fsp3) is 0.150. The zero-order valence-electron chi connectivity index (χ0n) is 16.2. The molecule has 1 aromatic heterocycles. The van der Waals surface area contributed by atoms with Crippen LogP contribution in [0.2, 0.25) is 0 Å². The van der Waals surface area contributed by atoms with Gasteiger partial charge in [-0.3, -0.25) is 0 Å². The normalized spacial score (nSPS) is 12.5. The summed E-state index contributed by atoms with van der Waals surface area (Å²) in [6.07, 6.45) is 0. The zero-order valence-corrected chi connectivity index (χ0v) is 17.0. The molecule has 2 N–H and O–H groups in total. The van der Waals surface area contributed by atoms with Gasteiger partial charge >= 0.3 is 5.97 Å². The topological polar surface area (TPSA) is 136 Å². The molecular weight excluding hydrogens is 408 g/mol. The average Bonchev–Trinajstić information content (AvgIpc) is 3.16. The van der Waals surface area contributed by atoms with Crippen LogP contribution in [-0.4, -0.2) is 54.5 Å². The van der Waals surface area contributed by atoms with Crippen LogP contribution in [0.5, 0.6) is 0 Å². The summed E-state index contributed by atoms with van der Waals surface area (Å²) in [4.78, 5) is 19.4. The number of ether oxygens (including phenoxy) is 1. The number of nitriles is 1. The fourth-order valence-electron chi connectivity index (χ4n) is 2.61. The van der Waals surface area contributed by atoms with Crippen molar-refractivity contribution in [1.82, 2.24) is 14.3 Å². The van der Waals surface area contributed by atoms with Crippen molar-refractivity contribution in [3.63, 3.8) is 0 Å². The number of nitrogens with zero attached hydrogens (tertiary/aromatic N) is 3. The second-order valence-electron chi connectivity index (χ2n) is 6.43. The van der Waals surface area contributed by atoms with Crippen molar-refractivity contribution in [2.45, 2.75) is 4.90 Å². The molecule has 0 amide bonds. The molecule has 0 atom stereocenters. The van der Waals surface area contributed by atoms with Crippen LogP contribution < -0.4 is 0 Å². The van der Waals surface area contributed by atoms with Crippen LogP contribution in [0.15, 0.2) is 59.2 Å². The third kappa shape index (κ3) is 4.17. The Balaban J connectivity index is 1.80. The molecule has 10 heteroatoms. The number of carbonyl (C=O) groups excluding carboxylic acids is 1. The van der Waals surface area contributed by atoms with E-state index in [1.807, 2.05) is 6.07 Å². The Morgan fingerprint density at radius 2 is 1.97 bits per heavy atom. The first-order chi connectivity index (χ1) is 14.2. The highest BCUT2D eigenvalue weighted by molar-refractivity contribution is 7.89. The maximum atomic E-state index is 12.3. The summed E-state index contributed by atoms with van der Waals surface area (Å²) in [5, 5.41) is 19.7. The van der Waals surface area contributed by atoms with Crippen molar-refractivity contribution >= 4 is 32.6 Å². The van der Waals surface area contributed by atoms with Gasteiger partial charge in [-0.15, -0.1) is 0 Å². The monoisotopic (exact) mass is 426 g/mol. The molecule has 0 bridgehead atoms. The van der Waals surface area contributed by atoms with Gasteiger partial charge in [0.1, 0.15) is 18.2 Å². The Morgan fingerprint density at radius 3 is 2.63 bits per heavy atom. The quantitative estimate of drug-likeness (QED) is 0.351. The lowest BCUT2D eigenvalue weighted by molar-refractivity contribution is 0.0502. The Kier molecular flexibility index (Phi) is 5.86. The Bertz CT molecular complexity index is 1250. The molecule has 1 heterocycles. The number of nitrogens with one attached hydrogen (secondary N) is 1. The van der Waals surface area contributed by atoms with Crippen molar-refractivity contribution in [1.29, 1.82) is 5.26 Å². The molecule has 30 heavy (non-hydrogen) atoms. The highest BCUT2D eigenvalue weighted by Crippen LogP contribution is 2.20. The standard InChI is InChI=1S/C20H18N4O5S/c1-24(2)30(27,28)14-7-5-6-13(10-14)20(26)29-12-18(25)15(11-21)19-22-16-8-3-4-9-17(16)23-19/h3-10,25H,12H2,1-2H3,(H,22,23). The smallest absolute Gasteiger partial charge is 0.338 e. The number of rotatable bonds is 6. The third-order valence-corrected chi connectivity index (χ3v) is 6.03. The number of aromatic nitrogens is 2. The van der Waals surface area contributed by atoms with Crippen LogP contribution in [0.25, 0.3) is 16.6 Å². The second-order valence-corrected chi connectivity index (χ2v) is 8.58.